The fourth-order valence-corrected chi connectivity index (χ4v) is 13.8. The van der Waals surface area contributed by atoms with Gasteiger partial charge in [-0.3, -0.25) is 19.9 Å². The van der Waals surface area contributed by atoms with Crippen LogP contribution in [0.2, 0.25) is 0 Å². The molecule has 8 aromatic carbocycles. The molecule has 0 bridgehead atoms. The Kier molecular flexibility index (Phi) is 24.0. The number of esters is 1. The maximum absolute atomic E-state index is 13.4. The van der Waals surface area contributed by atoms with Gasteiger partial charge in [-0.1, -0.05) is 30.3 Å². The molecule has 0 unspecified atom stereocenters. The molecule has 1 fully saturated rings. The second-order valence-corrected chi connectivity index (χ2v) is 30.1. The minimum Gasteiger partial charge on any atom is -0.465 e. The molecule has 1 saturated heterocycles. The van der Waals surface area contributed by atoms with Crippen LogP contribution >= 0.6 is 31.9 Å². The lowest BCUT2D eigenvalue weighted by molar-refractivity contribution is 0.00578. The van der Waals surface area contributed by atoms with E-state index in [-0.39, 0.29) is 53.0 Å². The highest BCUT2D eigenvalue weighted by molar-refractivity contribution is 9.11. The molecule has 574 valence electrons. The minimum atomic E-state index is -0.569. The van der Waals surface area contributed by atoms with Crippen molar-refractivity contribution in [2.24, 2.45) is 0 Å². The van der Waals surface area contributed by atoms with E-state index in [1.165, 1.54) is 66.8 Å². The van der Waals surface area contributed by atoms with Crippen LogP contribution < -0.4 is 28.4 Å². The zero-order valence-electron chi connectivity index (χ0n) is 64.1. The second kappa shape index (κ2) is 34.3. The average Bonchev–Trinajstić information content (AvgIpc) is 1.75. The molecule has 16 nitrogen and oxygen atoms in total. The van der Waals surface area contributed by atoms with Crippen LogP contribution in [0.1, 0.15) is 60.3 Å². The van der Waals surface area contributed by atoms with Crippen molar-refractivity contribution in [1.29, 1.82) is 0 Å². The summed E-state index contributed by atoms with van der Waals surface area (Å²) in [7, 11) is 0.976. The molecule has 0 atom stereocenters. The van der Waals surface area contributed by atoms with E-state index in [9.17, 15) is 22.4 Å². The Morgan fingerprint density at radius 2 is 0.696 bits per heavy atom. The number of nitrogens with two attached hydrogens (primary N) is 4. The predicted molar refractivity (Wildman–Crippen MR) is 462 cm³/mol. The standard InChI is InChI=1S/C23H18FN3O2.C21H15BrFN3.C21H16FN3.C16H20BNO2.C11H8BrFN2/c1-13-9-10-26-20-8-5-15(11-17(13)20)18-12-19(23(28)29-2)22(25)27-21(18)14-3-6-16(24)7-4-14;1-12-8-9-25-19-7-4-14(10-16(12)19)17-11-18(22)21(24)26-20(17)13-2-5-15(23)6-3-13;1-13-10-11-24-19-8-4-15(12-18(13)19)17-7-9-20(23)25-21(17)14-2-5-16(22)6-3-14;1-11-8-9-18-14-7-6-12(10-13(11)14)17-19-15(2,3)16(4,5)20-17;12-9-5-6-10(14)15-11(9)7-1-3-8(13)4-2-7/h3-12H,1-2H3,(H2,25,27);2-11H,1H3,(H2,24,26);2-12H,1H3,(H2,23,25);6-10H,1-5H3;1-6H,(H2,14,15). The predicted octanol–water partition coefficient (Wildman–Crippen LogP) is 21.6. The van der Waals surface area contributed by atoms with Gasteiger partial charge in [0.25, 0.3) is 0 Å². The number of anilines is 4. The first-order valence-electron chi connectivity index (χ1n) is 36.4. The molecule has 8 N–H and O–H groups in total. The van der Waals surface area contributed by atoms with Crippen LogP contribution in [0.3, 0.4) is 0 Å². The van der Waals surface area contributed by atoms with Gasteiger partial charge in [0.1, 0.15) is 52.1 Å². The van der Waals surface area contributed by atoms with Crippen LogP contribution in [0.25, 0.3) is 122 Å². The average molecular weight is 1660 g/mol. The van der Waals surface area contributed by atoms with Crippen molar-refractivity contribution < 1.29 is 36.4 Å². The summed E-state index contributed by atoms with van der Waals surface area (Å²) in [4.78, 5) is 47.4. The molecule has 8 aromatic heterocycles. The minimum absolute atomic E-state index is 0.0542. The fraction of sp³-hybridized carbons (Fsp3) is 0.120. The van der Waals surface area contributed by atoms with Crippen LogP contribution in [0, 0.1) is 51.0 Å². The molecule has 0 saturated carbocycles. The monoisotopic (exact) mass is 1660 g/mol. The molecule has 1 aliphatic heterocycles. The molecule has 0 spiro atoms. The number of nitrogen functional groups attached to an aromatic ring is 4. The number of aromatic nitrogens is 8. The lowest BCUT2D eigenvalue weighted by Crippen LogP contribution is -2.41. The largest absolute Gasteiger partial charge is 0.494 e. The number of nitrogens with zero attached hydrogens (tertiary/aromatic N) is 8. The van der Waals surface area contributed by atoms with Crippen LogP contribution in [0.15, 0.2) is 264 Å². The molecule has 115 heavy (non-hydrogen) atoms. The third-order valence-electron chi connectivity index (χ3n) is 20.0. The molecule has 9 heterocycles. The van der Waals surface area contributed by atoms with Gasteiger partial charge in [-0.25, -0.2) is 42.3 Å². The number of hydrogen-bond acceptors (Lipinski definition) is 16. The molecule has 17 rings (SSSR count). The number of methoxy groups -OCH3 is 1. The van der Waals surface area contributed by atoms with Crippen molar-refractivity contribution in [2.45, 2.75) is 66.6 Å². The number of halogens is 6. The van der Waals surface area contributed by atoms with Crippen molar-refractivity contribution in [3.8, 4) is 78.4 Å². The van der Waals surface area contributed by atoms with E-state index in [4.69, 9.17) is 37.0 Å². The van der Waals surface area contributed by atoms with Crippen LogP contribution in [-0.4, -0.2) is 71.3 Å². The van der Waals surface area contributed by atoms with E-state index in [1.807, 2.05) is 123 Å². The number of pyridine rings is 8. The summed E-state index contributed by atoms with van der Waals surface area (Å²) >= 11 is 6.84. The lowest BCUT2D eigenvalue weighted by Gasteiger charge is -2.32. The lowest BCUT2D eigenvalue weighted by atomic mass is 9.78. The van der Waals surface area contributed by atoms with Gasteiger partial charge in [-0.05, 0) is 332 Å². The first kappa shape index (κ1) is 80.4. The highest BCUT2D eigenvalue weighted by Gasteiger charge is 2.51. The normalized spacial score (nSPS) is 12.5. The number of aryl methyl sites for hydroxylation is 4. The molecule has 16 aromatic rings. The molecule has 0 aliphatic carbocycles. The highest BCUT2D eigenvalue weighted by atomic mass is 79.9. The smallest absolute Gasteiger partial charge is 0.465 e. The number of rotatable bonds is 9. The van der Waals surface area contributed by atoms with Crippen molar-refractivity contribution in [3.05, 3.63) is 315 Å². The zero-order valence-corrected chi connectivity index (χ0v) is 67.3. The van der Waals surface area contributed by atoms with Crippen LogP contribution in [-0.2, 0) is 14.0 Å². The molecular formula is C92H77BBr2F4N12O4. The molecule has 1 aliphatic rings. The van der Waals surface area contributed by atoms with E-state index in [1.54, 1.807) is 72.9 Å². The van der Waals surface area contributed by atoms with E-state index in [2.05, 4.69) is 138 Å². The Morgan fingerprint density at radius 1 is 0.365 bits per heavy atom. The summed E-state index contributed by atoms with van der Waals surface area (Å²) in [6, 6.07) is 67.8. The molecule has 0 radical (unpaired) electrons. The fourth-order valence-electron chi connectivity index (χ4n) is 13.0. The quantitative estimate of drug-likeness (QED) is 0.0595. The first-order chi connectivity index (χ1) is 55.1. The third-order valence-corrected chi connectivity index (χ3v) is 21.3. The van der Waals surface area contributed by atoms with E-state index in [0.29, 0.717) is 40.0 Å². The van der Waals surface area contributed by atoms with Gasteiger partial charge in [0.15, 0.2) is 0 Å². The second-order valence-electron chi connectivity index (χ2n) is 28.4. The Labute approximate surface area is 679 Å². The van der Waals surface area contributed by atoms with Crippen LogP contribution in [0.5, 0.6) is 0 Å². The number of hydrogen-bond donors (Lipinski definition) is 4. The van der Waals surface area contributed by atoms with Gasteiger partial charge < -0.3 is 37.0 Å². The van der Waals surface area contributed by atoms with Crippen LogP contribution in [0.4, 0.5) is 40.8 Å². The number of benzene rings is 8. The molecule has 0 amide bonds. The van der Waals surface area contributed by atoms with E-state index in [0.717, 1.165) is 125 Å². The van der Waals surface area contributed by atoms with Crippen molar-refractivity contribution in [2.75, 3.05) is 30.0 Å². The Hall–Kier alpha value is -12.7. The highest BCUT2D eigenvalue weighted by Crippen LogP contribution is 2.41. The van der Waals surface area contributed by atoms with Crippen molar-refractivity contribution in [3.63, 3.8) is 0 Å². The van der Waals surface area contributed by atoms with Gasteiger partial charge in [0.2, 0.25) is 0 Å². The van der Waals surface area contributed by atoms with E-state index >= 15 is 0 Å². The molecule has 23 heteroatoms. The molecular weight excluding hydrogens is 1580 g/mol. The van der Waals surface area contributed by atoms with Crippen molar-refractivity contribution in [1.82, 2.24) is 39.9 Å². The number of ether oxygens (including phenoxy) is 1. The third kappa shape index (κ3) is 18.2. The van der Waals surface area contributed by atoms with Gasteiger partial charge in [0.05, 0.1) is 67.6 Å². The van der Waals surface area contributed by atoms with Gasteiger partial charge in [-0.2, -0.15) is 0 Å². The number of carbonyl (C=O) groups is 1. The number of carbonyl (C=O) groups excluding carboxylic acids is 1. The summed E-state index contributed by atoms with van der Waals surface area (Å²) in [5.74, 6) is -0.417. The summed E-state index contributed by atoms with van der Waals surface area (Å²) in [6.07, 6.45) is 7.22. The van der Waals surface area contributed by atoms with Gasteiger partial charge in [0, 0.05) is 89.7 Å². The van der Waals surface area contributed by atoms with Gasteiger partial charge in [-0.15, -0.1) is 0 Å². The van der Waals surface area contributed by atoms with E-state index < -0.39 is 5.97 Å². The zero-order chi connectivity index (χ0) is 81.6. The maximum Gasteiger partial charge on any atom is 0.494 e. The maximum atomic E-state index is 13.4. The topological polar surface area (TPSA) is 252 Å². The summed E-state index contributed by atoms with van der Waals surface area (Å²) in [5.41, 5.74) is 43.8. The van der Waals surface area contributed by atoms with Gasteiger partial charge >= 0.3 is 13.1 Å². The SMILES string of the molecule is COC(=O)c1cc(-c2ccc3nccc(C)c3c2)c(-c2ccc(F)cc2)nc1N.Cc1ccnc2ccc(-c3cc(Br)c(N)nc3-c3ccc(F)cc3)cc12.Cc1ccnc2ccc(-c3ccc(N)nc3-c3ccc(F)cc3)cc12.Cc1ccnc2ccc(B3OC(C)(C)C(C)(C)O3)cc12.Nc1ccc(Br)c(-c2ccc(F)cc2)n1. The summed E-state index contributed by atoms with van der Waals surface area (Å²) in [6.45, 7) is 16.5. The first-order valence-corrected chi connectivity index (χ1v) is 38.0. The van der Waals surface area contributed by atoms with Crippen molar-refractivity contribution >= 4 is 117 Å². The number of fused-ring (bicyclic) bond motifs is 4. The summed E-state index contributed by atoms with van der Waals surface area (Å²) < 4.78 is 71.3. The Bertz CT molecular complexity index is 6310. The Balaban J connectivity index is 0.000000127. The Morgan fingerprint density at radius 3 is 1.10 bits per heavy atom. The summed E-state index contributed by atoms with van der Waals surface area (Å²) in [5, 5.41) is 4.33.